The highest BCUT2D eigenvalue weighted by Crippen LogP contribution is 2.56. The molecule has 0 heterocycles. The zero-order chi connectivity index (χ0) is 14.1. The summed E-state index contributed by atoms with van der Waals surface area (Å²) in [4.78, 5) is 11.6. The Morgan fingerprint density at radius 1 is 1.26 bits per heavy atom. The van der Waals surface area contributed by atoms with Crippen molar-refractivity contribution in [1.29, 1.82) is 0 Å². The molecule has 2 fully saturated rings. The molecule has 0 saturated heterocycles. The highest BCUT2D eigenvalue weighted by Gasteiger charge is 2.53. The van der Waals surface area contributed by atoms with Gasteiger partial charge in [-0.15, -0.1) is 0 Å². The van der Waals surface area contributed by atoms with Gasteiger partial charge in [0.2, 0.25) is 0 Å². The molecule has 2 aliphatic carbocycles. The van der Waals surface area contributed by atoms with Crippen molar-refractivity contribution in [3.63, 3.8) is 0 Å². The van der Waals surface area contributed by atoms with Crippen LogP contribution in [0, 0.1) is 17.3 Å². The van der Waals surface area contributed by atoms with Crippen molar-refractivity contribution in [2.45, 2.75) is 77.7 Å². The van der Waals surface area contributed by atoms with E-state index in [4.69, 9.17) is 4.74 Å². The number of fused-ring (bicyclic) bond motifs is 2. The van der Waals surface area contributed by atoms with Gasteiger partial charge in [0.05, 0.1) is 22.6 Å². The van der Waals surface area contributed by atoms with E-state index in [0.29, 0.717) is 0 Å². The summed E-state index contributed by atoms with van der Waals surface area (Å²) in [6.07, 6.45) is 9.95. The Hall–Kier alpha value is 0.200. The van der Waals surface area contributed by atoms with E-state index in [-0.39, 0.29) is 15.0 Å². The van der Waals surface area contributed by atoms with Crippen LogP contribution in [0.1, 0.15) is 72.1 Å². The molecule has 2 aliphatic rings. The second-order valence-electron chi connectivity index (χ2n) is 6.91. The zero-order valence-electron chi connectivity index (χ0n) is 12.5. The van der Waals surface area contributed by atoms with Crippen molar-refractivity contribution < 1.29 is 9.53 Å². The molecule has 110 valence electrons. The van der Waals surface area contributed by atoms with E-state index in [0.717, 1.165) is 24.7 Å². The van der Waals surface area contributed by atoms with E-state index in [9.17, 15) is 4.79 Å². The molecular formula is C16H27IO2. The van der Waals surface area contributed by atoms with Crippen LogP contribution < -0.4 is 0 Å². The van der Waals surface area contributed by atoms with Gasteiger partial charge in [-0.2, -0.15) is 0 Å². The van der Waals surface area contributed by atoms with Crippen LogP contribution in [0.5, 0.6) is 0 Å². The molecule has 0 aliphatic heterocycles. The maximum absolute atomic E-state index is 11.6. The molecule has 2 atom stereocenters. The third-order valence-electron chi connectivity index (χ3n) is 5.89. The van der Waals surface area contributed by atoms with Crippen molar-refractivity contribution >= 4 is 26.6 Å². The number of ether oxygens (including phenoxy) is 1. The highest BCUT2D eigenvalue weighted by molar-refractivity contribution is 14.1. The number of hydrogen-bond donors (Lipinski definition) is 0. The van der Waals surface area contributed by atoms with Crippen molar-refractivity contribution in [2.24, 2.45) is 17.3 Å². The first-order valence-corrected chi connectivity index (χ1v) is 8.91. The molecule has 2 bridgehead atoms. The average molecular weight is 378 g/mol. The minimum atomic E-state index is -0.250. The predicted octanol–water partition coefficient (Wildman–Crippen LogP) is 5.72. The summed E-state index contributed by atoms with van der Waals surface area (Å²) in [5.74, 6) is 1.73. The van der Waals surface area contributed by atoms with Crippen LogP contribution in [0.25, 0.3) is 0 Å². The van der Waals surface area contributed by atoms with Gasteiger partial charge in [-0.05, 0) is 43.9 Å². The van der Waals surface area contributed by atoms with Crippen molar-refractivity contribution in [2.75, 3.05) is 0 Å². The summed E-state index contributed by atoms with van der Waals surface area (Å²) in [6.45, 7) is 6.74. The molecule has 2 nitrogen and oxygen atoms in total. The van der Waals surface area contributed by atoms with Gasteiger partial charge < -0.3 is 4.74 Å². The van der Waals surface area contributed by atoms with E-state index in [1.54, 1.807) is 22.6 Å². The largest absolute Gasteiger partial charge is 0.451 e. The van der Waals surface area contributed by atoms with E-state index < -0.39 is 0 Å². The third kappa shape index (κ3) is 2.96. The molecule has 2 saturated carbocycles. The summed E-state index contributed by atoms with van der Waals surface area (Å²) in [5, 5.41) is 0. The van der Waals surface area contributed by atoms with Gasteiger partial charge in [-0.1, -0.05) is 40.0 Å². The number of halogens is 1. The van der Waals surface area contributed by atoms with E-state index in [2.05, 4.69) is 20.8 Å². The minimum absolute atomic E-state index is 0.141. The predicted molar refractivity (Wildman–Crippen MR) is 86.6 cm³/mol. The molecule has 0 N–H and O–H groups in total. The average Bonchev–Trinajstić information content (AvgIpc) is 2.34. The quantitative estimate of drug-likeness (QED) is 0.462. The lowest BCUT2D eigenvalue weighted by Gasteiger charge is -2.54. The molecule has 2 unspecified atom stereocenters. The van der Waals surface area contributed by atoms with Crippen molar-refractivity contribution in [3.8, 4) is 0 Å². The number of hydrogen-bond acceptors (Lipinski definition) is 2. The van der Waals surface area contributed by atoms with Crippen LogP contribution in [0.2, 0.25) is 0 Å². The van der Waals surface area contributed by atoms with E-state index in [1.807, 2.05) is 0 Å². The van der Waals surface area contributed by atoms with Crippen LogP contribution in [-0.4, -0.2) is 9.58 Å². The number of carbonyl (C=O) groups is 1. The fraction of sp³-hybridized carbons (Fsp3) is 0.938. The summed E-state index contributed by atoms with van der Waals surface area (Å²) in [6, 6.07) is 0. The SMILES string of the molecule is CCC(CC)(OC(=O)I)C1(C)CC2CCCC(C2)C1. The van der Waals surface area contributed by atoms with Gasteiger partial charge in [0.1, 0.15) is 5.60 Å². The number of rotatable bonds is 4. The van der Waals surface area contributed by atoms with E-state index in [1.165, 1.54) is 38.5 Å². The Balaban J connectivity index is 2.26. The monoisotopic (exact) mass is 378 g/mol. The maximum Gasteiger partial charge on any atom is 0.367 e. The van der Waals surface area contributed by atoms with E-state index >= 15 is 0 Å². The topological polar surface area (TPSA) is 26.3 Å². The van der Waals surface area contributed by atoms with Crippen LogP contribution in [0.3, 0.4) is 0 Å². The minimum Gasteiger partial charge on any atom is -0.451 e. The summed E-state index contributed by atoms with van der Waals surface area (Å²) >= 11 is 1.79. The molecule has 0 aromatic rings. The van der Waals surface area contributed by atoms with Crippen LogP contribution in [0.4, 0.5) is 4.79 Å². The summed E-state index contributed by atoms with van der Waals surface area (Å²) in [5.41, 5.74) is -0.0785. The first-order chi connectivity index (χ1) is 8.94. The van der Waals surface area contributed by atoms with Crippen molar-refractivity contribution in [1.82, 2.24) is 0 Å². The second-order valence-corrected chi connectivity index (χ2v) is 7.79. The van der Waals surface area contributed by atoms with Crippen molar-refractivity contribution in [3.05, 3.63) is 0 Å². The molecule has 2 rings (SSSR count). The van der Waals surface area contributed by atoms with Crippen LogP contribution in [0.15, 0.2) is 0 Å². The Labute approximate surface area is 131 Å². The molecule has 0 aromatic heterocycles. The van der Waals surface area contributed by atoms with Crippen LogP contribution in [-0.2, 0) is 4.74 Å². The smallest absolute Gasteiger partial charge is 0.367 e. The first kappa shape index (κ1) is 15.6. The fourth-order valence-corrected chi connectivity index (χ4v) is 5.45. The molecule has 3 heteroatoms. The fourth-order valence-electron chi connectivity index (χ4n) is 5.03. The molecular weight excluding hydrogens is 351 g/mol. The standard InChI is InChI=1S/C16H27IO2/c1-4-16(5-2,19-14(17)18)15(3)10-12-7-6-8-13(9-12)11-15/h12-13H,4-11H2,1-3H3. The second kappa shape index (κ2) is 5.90. The Morgan fingerprint density at radius 2 is 1.79 bits per heavy atom. The Bertz CT molecular complexity index is 324. The maximum atomic E-state index is 11.6. The van der Waals surface area contributed by atoms with Gasteiger partial charge in [0.25, 0.3) is 0 Å². The summed E-state index contributed by atoms with van der Waals surface area (Å²) in [7, 11) is 0. The van der Waals surface area contributed by atoms with Gasteiger partial charge >= 0.3 is 3.98 Å². The Morgan fingerprint density at radius 3 is 2.21 bits per heavy atom. The van der Waals surface area contributed by atoms with Gasteiger partial charge in [0, 0.05) is 5.41 Å². The van der Waals surface area contributed by atoms with Crippen LogP contribution >= 0.6 is 22.6 Å². The van der Waals surface area contributed by atoms with Gasteiger partial charge in [-0.3, -0.25) is 0 Å². The molecule has 0 amide bonds. The zero-order valence-corrected chi connectivity index (χ0v) is 14.7. The highest BCUT2D eigenvalue weighted by atomic mass is 127. The van der Waals surface area contributed by atoms with Gasteiger partial charge in [-0.25, -0.2) is 4.79 Å². The number of carbonyl (C=O) groups excluding carboxylic acids is 1. The molecule has 0 aromatic carbocycles. The molecule has 0 radical (unpaired) electrons. The first-order valence-electron chi connectivity index (χ1n) is 7.83. The summed E-state index contributed by atoms with van der Waals surface area (Å²) < 4.78 is 5.75. The molecule has 19 heavy (non-hydrogen) atoms. The molecule has 0 spiro atoms. The Kier molecular flexibility index (Phi) is 4.84. The normalized spacial score (nSPS) is 34.9. The third-order valence-corrected chi connectivity index (χ3v) is 6.11. The lowest BCUT2D eigenvalue weighted by molar-refractivity contribution is -0.121. The van der Waals surface area contributed by atoms with Gasteiger partial charge in [0.15, 0.2) is 0 Å². The lowest BCUT2D eigenvalue weighted by atomic mass is 9.54. The lowest BCUT2D eigenvalue weighted by Crippen LogP contribution is -2.52.